The van der Waals surface area contributed by atoms with Crippen molar-refractivity contribution < 1.29 is 17.3 Å². The number of sulfone groups is 1. The van der Waals surface area contributed by atoms with Crippen LogP contribution in [0.2, 0.25) is 0 Å². The first kappa shape index (κ1) is 13.5. The second-order valence-electron chi connectivity index (χ2n) is 4.29. The fourth-order valence-corrected chi connectivity index (χ4v) is 2.27. The summed E-state index contributed by atoms with van der Waals surface area (Å²) >= 11 is 0. The molecule has 1 heterocycles. The van der Waals surface area contributed by atoms with Crippen LogP contribution in [-0.4, -0.2) is 19.8 Å². The molecular formula is C12H13FN2O3S. The molecule has 2 aromatic rings. The summed E-state index contributed by atoms with van der Waals surface area (Å²) in [7, 11) is -3.33. The number of anilines is 1. The predicted molar refractivity (Wildman–Crippen MR) is 69.6 cm³/mol. The molecule has 0 fully saturated rings. The van der Waals surface area contributed by atoms with Crippen molar-refractivity contribution >= 4 is 15.7 Å². The molecule has 1 atom stereocenters. The smallest absolute Gasteiger partial charge is 0.230 e. The number of benzene rings is 1. The fraction of sp³-hybridized carbons (Fsp3) is 0.250. The summed E-state index contributed by atoms with van der Waals surface area (Å²) in [6.07, 6.45) is 1.11. The largest absolute Gasteiger partial charge is 0.367 e. The number of nitrogens with zero attached hydrogens (tertiary/aromatic N) is 1. The molecular weight excluding hydrogens is 271 g/mol. The Morgan fingerprint density at radius 2 is 1.89 bits per heavy atom. The maximum absolute atomic E-state index is 12.9. The monoisotopic (exact) mass is 284 g/mol. The number of nitrogen functional groups attached to an aromatic ring is 1. The third kappa shape index (κ3) is 2.60. The number of hydrogen-bond acceptors (Lipinski definition) is 5. The first-order valence-electron chi connectivity index (χ1n) is 5.50. The van der Waals surface area contributed by atoms with E-state index in [9.17, 15) is 12.8 Å². The topological polar surface area (TPSA) is 86.2 Å². The van der Waals surface area contributed by atoms with Gasteiger partial charge in [-0.1, -0.05) is 17.3 Å². The lowest BCUT2D eigenvalue weighted by Crippen LogP contribution is -2.09. The SMILES string of the molecule is CC(c1noc(N)c1-c1ccc(F)cc1)S(C)(=O)=O. The van der Waals surface area contributed by atoms with Gasteiger partial charge >= 0.3 is 0 Å². The van der Waals surface area contributed by atoms with Crippen LogP contribution in [-0.2, 0) is 9.84 Å². The van der Waals surface area contributed by atoms with E-state index in [4.69, 9.17) is 10.3 Å². The Bertz CT molecular complexity index is 692. The maximum atomic E-state index is 12.9. The molecule has 0 saturated carbocycles. The van der Waals surface area contributed by atoms with Gasteiger partial charge in [0.25, 0.3) is 0 Å². The van der Waals surface area contributed by atoms with Crippen LogP contribution < -0.4 is 5.73 Å². The van der Waals surface area contributed by atoms with Crippen LogP contribution in [0.4, 0.5) is 10.3 Å². The molecule has 0 radical (unpaired) electrons. The first-order valence-corrected chi connectivity index (χ1v) is 7.46. The van der Waals surface area contributed by atoms with E-state index >= 15 is 0 Å². The Morgan fingerprint density at radius 1 is 1.32 bits per heavy atom. The van der Waals surface area contributed by atoms with Gasteiger partial charge < -0.3 is 10.3 Å². The zero-order valence-corrected chi connectivity index (χ0v) is 11.2. The average Bonchev–Trinajstić information content (AvgIpc) is 2.70. The van der Waals surface area contributed by atoms with Crippen LogP contribution in [0.5, 0.6) is 0 Å². The normalized spacial score (nSPS) is 13.4. The molecule has 1 aromatic carbocycles. The summed E-state index contributed by atoms with van der Waals surface area (Å²) in [6, 6.07) is 5.51. The molecule has 0 bridgehead atoms. The number of rotatable bonds is 3. The lowest BCUT2D eigenvalue weighted by Gasteiger charge is -2.08. The number of nitrogens with two attached hydrogens (primary N) is 1. The minimum absolute atomic E-state index is 0.0112. The van der Waals surface area contributed by atoms with E-state index in [0.29, 0.717) is 11.1 Å². The van der Waals surface area contributed by atoms with E-state index in [1.54, 1.807) is 0 Å². The highest BCUT2D eigenvalue weighted by Gasteiger charge is 2.27. The van der Waals surface area contributed by atoms with Gasteiger partial charge in [-0.15, -0.1) is 0 Å². The van der Waals surface area contributed by atoms with Crippen molar-refractivity contribution in [1.82, 2.24) is 5.16 Å². The quantitative estimate of drug-likeness (QED) is 0.933. The van der Waals surface area contributed by atoms with Crippen molar-refractivity contribution in [2.75, 3.05) is 12.0 Å². The van der Waals surface area contributed by atoms with Gasteiger partial charge in [-0.25, -0.2) is 12.8 Å². The minimum atomic E-state index is -3.33. The maximum Gasteiger partial charge on any atom is 0.230 e. The number of halogens is 1. The van der Waals surface area contributed by atoms with E-state index in [1.165, 1.54) is 31.2 Å². The van der Waals surface area contributed by atoms with Crippen molar-refractivity contribution in [2.24, 2.45) is 0 Å². The number of aromatic nitrogens is 1. The van der Waals surface area contributed by atoms with Gasteiger partial charge in [0.05, 0.1) is 5.56 Å². The van der Waals surface area contributed by atoms with E-state index in [2.05, 4.69) is 5.16 Å². The van der Waals surface area contributed by atoms with Gasteiger partial charge in [-0.3, -0.25) is 0 Å². The fourth-order valence-electron chi connectivity index (χ4n) is 1.70. The van der Waals surface area contributed by atoms with Gasteiger partial charge in [0.2, 0.25) is 5.88 Å². The highest BCUT2D eigenvalue weighted by Crippen LogP contribution is 2.35. The van der Waals surface area contributed by atoms with Gasteiger partial charge in [0.1, 0.15) is 16.8 Å². The van der Waals surface area contributed by atoms with E-state index in [-0.39, 0.29) is 11.6 Å². The number of hydrogen-bond donors (Lipinski definition) is 1. The molecule has 0 aliphatic heterocycles. The van der Waals surface area contributed by atoms with Crippen molar-refractivity contribution in [3.63, 3.8) is 0 Å². The molecule has 7 heteroatoms. The van der Waals surface area contributed by atoms with Crippen molar-refractivity contribution in [3.8, 4) is 11.1 Å². The third-order valence-electron chi connectivity index (χ3n) is 2.91. The van der Waals surface area contributed by atoms with Crippen molar-refractivity contribution in [1.29, 1.82) is 0 Å². The van der Waals surface area contributed by atoms with Gasteiger partial charge in [-0.05, 0) is 24.6 Å². The zero-order valence-electron chi connectivity index (χ0n) is 10.4. The molecule has 0 aliphatic carbocycles. The van der Waals surface area contributed by atoms with Crippen LogP contribution >= 0.6 is 0 Å². The molecule has 0 spiro atoms. The minimum Gasteiger partial charge on any atom is -0.367 e. The third-order valence-corrected chi connectivity index (χ3v) is 4.41. The summed E-state index contributed by atoms with van der Waals surface area (Å²) < 4.78 is 41.0. The molecule has 2 rings (SSSR count). The second-order valence-corrected chi connectivity index (χ2v) is 6.65. The summed E-state index contributed by atoms with van der Waals surface area (Å²) in [5.74, 6) is -0.381. The molecule has 0 aliphatic rings. The summed E-state index contributed by atoms with van der Waals surface area (Å²) in [5.41, 5.74) is 6.85. The second kappa shape index (κ2) is 4.65. The molecule has 0 amide bonds. The lowest BCUT2D eigenvalue weighted by molar-refractivity contribution is 0.427. The molecule has 5 nitrogen and oxygen atoms in total. The Balaban J connectivity index is 2.58. The van der Waals surface area contributed by atoms with Gasteiger partial charge in [0.15, 0.2) is 9.84 Å². The zero-order chi connectivity index (χ0) is 14.2. The van der Waals surface area contributed by atoms with Gasteiger partial charge in [0, 0.05) is 6.26 Å². The van der Waals surface area contributed by atoms with Crippen LogP contribution in [0, 0.1) is 5.82 Å². The van der Waals surface area contributed by atoms with E-state index in [1.807, 2.05) is 0 Å². The van der Waals surface area contributed by atoms with Crippen molar-refractivity contribution in [3.05, 3.63) is 35.8 Å². The Hall–Kier alpha value is -1.89. The standard InChI is InChI=1S/C12H13FN2O3S/c1-7(19(2,16)17)11-10(12(14)18-15-11)8-3-5-9(13)6-4-8/h3-7H,14H2,1-2H3. The van der Waals surface area contributed by atoms with Crippen LogP contribution in [0.3, 0.4) is 0 Å². The summed E-state index contributed by atoms with van der Waals surface area (Å²) in [6.45, 7) is 1.50. The average molecular weight is 284 g/mol. The molecule has 102 valence electrons. The van der Waals surface area contributed by atoms with E-state index in [0.717, 1.165) is 6.26 Å². The molecule has 19 heavy (non-hydrogen) atoms. The first-order chi connectivity index (χ1) is 8.80. The van der Waals surface area contributed by atoms with E-state index < -0.39 is 20.9 Å². The predicted octanol–water partition coefficient (Wildman–Crippen LogP) is 2.17. The highest BCUT2D eigenvalue weighted by molar-refractivity contribution is 7.90. The molecule has 2 N–H and O–H groups in total. The summed E-state index contributed by atoms with van der Waals surface area (Å²) in [4.78, 5) is 0. The van der Waals surface area contributed by atoms with Gasteiger partial charge in [-0.2, -0.15) is 0 Å². The molecule has 0 saturated heterocycles. The van der Waals surface area contributed by atoms with Crippen LogP contribution in [0.15, 0.2) is 28.8 Å². The Labute approximate surface area is 110 Å². The molecule has 1 aromatic heterocycles. The van der Waals surface area contributed by atoms with Crippen LogP contribution in [0.1, 0.15) is 17.9 Å². The summed E-state index contributed by atoms with van der Waals surface area (Å²) in [5, 5.41) is 2.85. The Morgan fingerprint density at radius 3 is 2.42 bits per heavy atom. The van der Waals surface area contributed by atoms with Crippen LogP contribution in [0.25, 0.3) is 11.1 Å². The molecule has 1 unspecified atom stereocenters. The van der Waals surface area contributed by atoms with Crippen molar-refractivity contribution in [2.45, 2.75) is 12.2 Å². The Kier molecular flexibility index (Phi) is 3.32. The highest BCUT2D eigenvalue weighted by atomic mass is 32.2. The lowest BCUT2D eigenvalue weighted by atomic mass is 10.0.